The zero-order valence-corrected chi connectivity index (χ0v) is 16.5. The first-order chi connectivity index (χ1) is 13.6. The molecule has 0 saturated carbocycles. The molecule has 1 aromatic carbocycles. The maximum atomic E-state index is 15.1. The van der Waals surface area contributed by atoms with Crippen molar-refractivity contribution in [1.29, 1.82) is 0 Å². The number of hydrogen-bond acceptors (Lipinski definition) is 5. The molecule has 0 unspecified atom stereocenters. The molecular weight excluding hydrogens is 353 g/mol. The molecule has 1 saturated heterocycles. The predicted octanol–water partition coefficient (Wildman–Crippen LogP) is 3.38. The van der Waals surface area contributed by atoms with Gasteiger partial charge in [-0.15, -0.1) is 0 Å². The van der Waals surface area contributed by atoms with Gasteiger partial charge in [0.15, 0.2) is 0 Å². The lowest BCUT2D eigenvalue weighted by Crippen LogP contribution is -2.45. The Morgan fingerprint density at radius 2 is 1.79 bits per heavy atom. The highest BCUT2D eigenvalue weighted by Crippen LogP contribution is 2.28. The lowest BCUT2D eigenvalue weighted by Gasteiger charge is -2.36. The van der Waals surface area contributed by atoms with Gasteiger partial charge in [0, 0.05) is 51.5 Å². The third-order valence-corrected chi connectivity index (χ3v) is 5.32. The molecule has 2 heterocycles. The number of nitrogens with one attached hydrogen (secondary N) is 1. The molecule has 0 bridgehead atoms. The molecule has 2 aromatic rings. The van der Waals surface area contributed by atoms with Gasteiger partial charge in [-0.05, 0) is 37.7 Å². The van der Waals surface area contributed by atoms with Crippen LogP contribution in [0.1, 0.15) is 18.9 Å². The summed E-state index contributed by atoms with van der Waals surface area (Å²) in [5.41, 5.74) is 5.43. The predicted molar refractivity (Wildman–Crippen MR) is 110 cm³/mol. The van der Waals surface area contributed by atoms with Gasteiger partial charge in [0.1, 0.15) is 5.83 Å². The molecular formula is C22H26FN5. The SMILES string of the molecule is CC1=CC=C(NCc2ccc3nccnc3c2)C(N2CCN(C)CC2)=C(F)C1. The third-order valence-electron chi connectivity index (χ3n) is 5.32. The molecule has 0 atom stereocenters. The lowest BCUT2D eigenvalue weighted by molar-refractivity contribution is 0.183. The molecule has 5 nitrogen and oxygen atoms in total. The number of allylic oxidation sites excluding steroid dienone is 4. The topological polar surface area (TPSA) is 44.3 Å². The van der Waals surface area contributed by atoms with E-state index < -0.39 is 0 Å². The smallest absolute Gasteiger partial charge is 0.129 e. The zero-order valence-electron chi connectivity index (χ0n) is 16.5. The first-order valence-corrected chi connectivity index (χ1v) is 9.73. The summed E-state index contributed by atoms with van der Waals surface area (Å²) in [6, 6.07) is 6.05. The Balaban J connectivity index is 1.56. The summed E-state index contributed by atoms with van der Waals surface area (Å²) in [4.78, 5) is 13.1. The fourth-order valence-corrected chi connectivity index (χ4v) is 3.67. The Morgan fingerprint density at radius 1 is 1.04 bits per heavy atom. The van der Waals surface area contributed by atoms with Crippen molar-refractivity contribution in [3.05, 3.63) is 71.1 Å². The van der Waals surface area contributed by atoms with Crippen LogP contribution in [0.3, 0.4) is 0 Å². The molecule has 4 rings (SSSR count). The molecule has 2 aliphatic rings. The van der Waals surface area contributed by atoms with Gasteiger partial charge in [0.2, 0.25) is 0 Å². The van der Waals surface area contributed by atoms with Crippen LogP contribution in [-0.4, -0.2) is 53.0 Å². The van der Waals surface area contributed by atoms with Gasteiger partial charge in [0.25, 0.3) is 0 Å². The first kappa shape index (κ1) is 18.6. The van der Waals surface area contributed by atoms with Crippen molar-refractivity contribution in [2.75, 3.05) is 33.2 Å². The Labute approximate surface area is 165 Å². The summed E-state index contributed by atoms with van der Waals surface area (Å²) in [5, 5.41) is 3.47. The van der Waals surface area contributed by atoms with E-state index in [9.17, 15) is 0 Å². The average Bonchev–Trinajstić information content (AvgIpc) is 2.84. The summed E-state index contributed by atoms with van der Waals surface area (Å²) in [6.45, 7) is 6.14. The molecule has 0 amide bonds. The summed E-state index contributed by atoms with van der Waals surface area (Å²) < 4.78 is 15.1. The third kappa shape index (κ3) is 4.07. The van der Waals surface area contributed by atoms with Crippen molar-refractivity contribution < 1.29 is 4.39 Å². The second kappa shape index (κ2) is 8.10. The highest BCUT2D eigenvalue weighted by molar-refractivity contribution is 5.74. The van der Waals surface area contributed by atoms with E-state index in [1.807, 2.05) is 37.3 Å². The Morgan fingerprint density at radius 3 is 2.57 bits per heavy atom. The van der Waals surface area contributed by atoms with Gasteiger partial charge in [-0.25, -0.2) is 4.39 Å². The number of aromatic nitrogens is 2. The van der Waals surface area contributed by atoms with Crippen molar-refractivity contribution in [3.63, 3.8) is 0 Å². The molecule has 0 radical (unpaired) electrons. The molecule has 1 aromatic heterocycles. The van der Waals surface area contributed by atoms with Crippen molar-refractivity contribution in [1.82, 2.24) is 25.1 Å². The molecule has 1 aliphatic heterocycles. The highest BCUT2D eigenvalue weighted by Gasteiger charge is 2.24. The fourth-order valence-electron chi connectivity index (χ4n) is 3.67. The Kier molecular flexibility index (Phi) is 5.39. The molecule has 0 spiro atoms. The molecule has 1 fully saturated rings. The van der Waals surface area contributed by atoms with Gasteiger partial charge >= 0.3 is 0 Å². The summed E-state index contributed by atoms with van der Waals surface area (Å²) in [5.74, 6) is -0.0565. The zero-order chi connectivity index (χ0) is 19.5. The minimum Gasteiger partial charge on any atom is -0.379 e. The van der Waals surface area contributed by atoms with Crippen LogP contribution in [0.15, 0.2) is 65.5 Å². The number of nitrogens with zero attached hydrogens (tertiary/aromatic N) is 4. The second-order valence-electron chi connectivity index (χ2n) is 7.55. The summed E-state index contributed by atoms with van der Waals surface area (Å²) in [7, 11) is 2.11. The van der Waals surface area contributed by atoms with E-state index in [-0.39, 0.29) is 5.83 Å². The van der Waals surface area contributed by atoms with Gasteiger partial charge in [-0.1, -0.05) is 17.7 Å². The summed E-state index contributed by atoms with van der Waals surface area (Å²) in [6.07, 6.45) is 7.79. The number of likely N-dealkylation sites (N-methyl/N-ethyl adjacent to an activating group) is 1. The molecule has 6 heteroatoms. The van der Waals surface area contributed by atoms with Crippen molar-refractivity contribution in [2.24, 2.45) is 0 Å². The van der Waals surface area contributed by atoms with Crippen LogP contribution in [0, 0.1) is 0 Å². The molecule has 146 valence electrons. The Bertz CT molecular complexity index is 954. The normalized spacial score (nSPS) is 18.8. The van der Waals surface area contributed by atoms with Gasteiger partial charge in [-0.2, -0.15) is 0 Å². The van der Waals surface area contributed by atoms with E-state index in [0.29, 0.717) is 18.7 Å². The summed E-state index contributed by atoms with van der Waals surface area (Å²) >= 11 is 0. The highest BCUT2D eigenvalue weighted by atomic mass is 19.1. The van der Waals surface area contributed by atoms with E-state index in [0.717, 1.165) is 54.0 Å². The van der Waals surface area contributed by atoms with Crippen LogP contribution in [0.5, 0.6) is 0 Å². The monoisotopic (exact) mass is 379 g/mol. The van der Waals surface area contributed by atoms with E-state index in [1.54, 1.807) is 12.4 Å². The van der Waals surface area contributed by atoms with Crippen LogP contribution in [0.4, 0.5) is 4.39 Å². The van der Waals surface area contributed by atoms with Crippen LogP contribution in [-0.2, 0) is 6.54 Å². The van der Waals surface area contributed by atoms with Crippen LogP contribution >= 0.6 is 0 Å². The lowest BCUT2D eigenvalue weighted by atomic mass is 10.1. The molecule has 1 N–H and O–H groups in total. The number of piperazine rings is 1. The fraction of sp³-hybridized carbons (Fsp3) is 0.364. The second-order valence-corrected chi connectivity index (χ2v) is 7.55. The van der Waals surface area contributed by atoms with Crippen molar-refractivity contribution in [2.45, 2.75) is 19.9 Å². The van der Waals surface area contributed by atoms with Gasteiger partial charge < -0.3 is 15.1 Å². The largest absolute Gasteiger partial charge is 0.379 e. The van der Waals surface area contributed by atoms with E-state index in [4.69, 9.17) is 0 Å². The number of benzene rings is 1. The maximum absolute atomic E-state index is 15.1. The van der Waals surface area contributed by atoms with Gasteiger partial charge in [-0.3, -0.25) is 9.97 Å². The van der Waals surface area contributed by atoms with Crippen LogP contribution in [0.25, 0.3) is 11.0 Å². The molecule has 1 aliphatic carbocycles. The van der Waals surface area contributed by atoms with E-state index in [1.165, 1.54) is 0 Å². The minimum atomic E-state index is -0.0565. The first-order valence-electron chi connectivity index (χ1n) is 9.73. The number of rotatable bonds is 4. The minimum absolute atomic E-state index is 0.0565. The van der Waals surface area contributed by atoms with Crippen LogP contribution < -0.4 is 5.32 Å². The van der Waals surface area contributed by atoms with Crippen LogP contribution in [0.2, 0.25) is 0 Å². The standard InChI is InChI=1S/C22H26FN5/c1-16-3-5-20(22(18(23)13-16)28-11-9-27(2)10-12-28)26-15-17-4-6-19-21(14-17)25-8-7-24-19/h3-8,14,26H,9-13,15H2,1-2H3. The maximum Gasteiger partial charge on any atom is 0.129 e. The quantitative estimate of drug-likeness (QED) is 0.882. The van der Waals surface area contributed by atoms with Crippen molar-refractivity contribution >= 4 is 11.0 Å². The average molecular weight is 379 g/mol. The number of hydrogen-bond donors (Lipinski definition) is 1. The van der Waals surface area contributed by atoms with E-state index in [2.05, 4.69) is 32.1 Å². The van der Waals surface area contributed by atoms with Crippen molar-refractivity contribution in [3.8, 4) is 0 Å². The van der Waals surface area contributed by atoms with E-state index >= 15 is 4.39 Å². The Hall–Kier alpha value is -2.73. The molecule has 28 heavy (non-hydrogen) atoms. The number of fused-ring (bicyclic) bond motifs is 1. The number of halogens is 1. The van der Waals surface area contributed by atoms with Gasteiger partial charge in [0.05, 0.1) is 22.4 Å².